The molecule has 0 aliphatic carbocycles. The van der Waals surface area contributed by atoms with Crippen molar-refractivity contribution in [2.45, 2.75) is 46.0 Å². The van der Waals surface area contributed by atoms with Gasteiger partial charge < -0.3 is 0 Å². The SMILES string of the molecule is CC(C)N(SN1OC1c1ccc([N+](=O)[O-])cc1[N+](=O)[O-])C(C)C. The van der Waals surface area contributed by atoms with E-state index < -0.39 is 16.1 Å². The third-order valence-corrected chi connectivity index (χ3v) is 4.70. The number of benzene rings is 1. The van der Waals surface area contributed by atoms with E-state index in [2.05, 4.69) is 4.31 Å². The maximum Gasteiger partial charge on any atom is 0.283 e. The van der Waals surface area contributed by atoms with Gasteiger partial charge in [0.2, 0.25) is 0 Å². The minimum atomic E-state index is -0.656. The fourth-order valence-corrected chi connectivity index (χ4v) is 3.08. The summed E-state index contributed by atoms with van der Waals surface area (Å²) in [6, 6.07) is 4.10. The average molecular weight is 342 g/mol. The molecule has 0 N–H and O–H groups in total. The first-order valence-electron chi connectivity index (χ1n) is 7.07. The van der Waals surface area contributed by atoms with Gasteiger partial charge in [-0.25, -0.2) is 4.31 Å². The number of hydrogen-bond acceptors (Lipinski definition) is 8. The monoisotopic (exact) mass is 342 g/mol. The van der Waals surface area contributed by atoms with Crippen LogP contribution < -0.4 is 0 Å². The lowest BCUT2D eigenvalue weighted by molar-refractivity contribution is -0.394. The number of non-ortho nitro benzene ring substituents is 1. The summed E-state index contributed by atoms with van der Waals surface area (Å²) in [6.07, 6.45) is -0.582. The third kappa shape index (κ3) is 3.96. The lowest BCUT2D eigenvalue weighted by atomic mass is 10.1. The Morgan fingerprint density at radius 1 is 1.17 bits per heavy atom. The summed E-state index contributed by atoms with van der Waals surface area (Å²) in [6.45, 7) is 8.17. The van der Waals surface area contributed by atoms with Gasteiger partial charge in [-0.05, 0) is 33.8 Å². The highest BCUT2D eigenvalue weighted by molar-refractivity contribution is 7.94. The number of hydrogen-bond donors (Lipinski definition) is 0. The van der Waals surface area contributed by atoms with Gasteiger partial charge in [0, 0.05) is 30.3 Å². The van der Waals surface area contributed by atoms with E-state index in [1.54, 1.807) is 4.47 Å². The van der Waals surface area contributed by atoms with E-state index in [-0.39, 0.29) is 23.5 Å². The van der Waals surface area contributed by atoms with Gasteiger partial charge in [0.05, 0.1) is 21.5 Å². The van der Waals surface area contributed by atoms with Crippen LogP contribution in [0.2, 0.25) is 0 Å². The molecule has 2 rings (SSSR count). The minimum Gasteiger partial charge on any atom is -0.258 e. The third-order valence-electron chi connectivity index (χ3n) is 3.23. The first-order valence-corrected chi connectivity index (χ1v) is 7.80. The van der Waals surface area contributed by atoms with Crippen LogP contribution in [0.1, 0.15) is 39.5 Å². The zero-order valence-electron chi connectivity index (χ0n) is 13.2. The van der Waals surface area contributed by atoms with Crippen LogP contribution in [-0.2, 0) is 4.84 Å². The van der Waals surface area contributed by atoms with E-state index in [1.807, 2.05) is 27.7 Å². The number of rotatable bonds is 7. The normalized spacial score (nSPS) is 20.3. The van der Waals surface area contributed by atoms with Gasteiger partial charge in [0.1, 0.15) is 0 Å². The minimum absolute atomic E-state index is 0.261. The van der Waals surface area contributed by atoms with E-state index >= 15 is 0 Å². The second-order valence-corrected chi connectivity index (χ2v) is 6.57. The summed E-state index contributed by atoms with van der Waals surface area (Å²) in [7, 11) is 0. The predicted molar refractivity (Wildman–Crippen MR) is 85.1 cm³/mol. The molecule has 1 fully saturated rings. The molecule has 23 heavy (non-hydrogen) atoms. The standard InChI is InChI=1S/C13H18N4O5S/c1-8(2)14(9(3)4)23-17-13(22-17)11-6-5-10(15(18)19)7-12(11)16(20)21/h5-9,13H,1-4H3. The molecule has 2 unspecified atom stereocenters. The fourth-order valence-electron chi connectivity index (χ4n) is 2.19. The van der Waals surface area contributed by atoms with Crippen LogP contribution in [0.3, 0.4) is 0 Å². The molecule has 9 nitrogen and oxygen atoms in total. The molecule has 0 bridgehead atoms. The quantitative estimate of drug-likeness (QED) is 0.321. The molecule has 10 heteroatoms. The summed E-state index contributed by atoms with van der Waals surface area (Å²) in [5.74, 6) is 0. The lowest BCUT2D eigenvalue weighted by Crippen LogP contribution is -2.31. The fraction of sp³-hybridized carbons (Fsp3) is 0.538. The average Bonchev–Trinajstić information content (AvgIpc) is 3.22. The molecule has 1 aromatic carbocycles. The number of nitro benzene ring substituents is 2. The van der Waals surface area contributed by atoms with E-state index in [4.69, 9.17) is 4.84 Å². The molecule has 0 spiro atoms. The maximum absolute atomic E-state index is 11.2. The van der Waals surface area contributed by atoms with Gasteiger partial charge in [-0.1, -0.05) is 4.47 Å². The Kier molecular flexibility index (Phi) is 5.19. The van der Waals surface area contributed by atoms with Gasteiger partial charge in [-0.3, -0.25) is 25.1 Å². The molecule has 1 aliphatic heterocycles. The number of nitro groups is 2. The predicted octanol–water partition coefficient (Wildman–Crippen LogP) is 3.43. The molecule has 0 saturated carbocycles. The van der Waals surface area contributed by atoms with Gasteiger partial charge in [-0.15, -0.1) is 0 Å². The van der Waals surface area contributed by atoms with Crippen molar-refractivity contribution in [3.8, 4) is 0 Å². The summed E-state index contributed by atoms with van der Waals surface area (Å²) in [5.41, 5.74) is -0.320. The first kappa shape index (κ1) is 17.6. The highest BCUT2D eigenvalue weighted by atomic mass is 32.2. The molecular weight excluding hydrogens is 324 g/mol. The highest BCUT2D eigenvalue weighted by Gasteiger charge is 2.45. The second-order valence-electron chi connectivity index (χ2n) is 5.63. The Balaban J connectivity index is 2.18. The van der Waals surface area contributed by atoms with Crippen molar-refractivity contribution in [3.05, 3.63) is 44.0 Å². The molecule has 1 aromatic rings. The molecule has 1 aliphatic rings. The van der Waals surface area contributed by atoms with Crippen LogP contribution in [0.5, 0.6) is 0 Å². The van der Waals surface area contributed by atoms with Crippen LogP contribution in [0.25, 0.3) is 0 Å². The van der Waals surface area contributed by atoms with E-state index in [0.717, 1.165) is 6.07 Å². The molecule has 0 amide bonds. The van der Waals surface area contributed by atoms with E-state index in [9.17, 15) is 20.2 Å². The van der Waals surface area contributed by atoms with Crippen molar-refractivity contribution in [3.63, 3.8) is 0 Å². The summed E-state index contributed by atoms with van der Waals surface area (Å²) < 4.78 is 3.64. The van der Waals surface area contributed by atoms with Crippen molar-refractivity contribution >= 4 is 23.5 Å². The first-order chi connectivity index (χ1) is 10.7. The van der Waals surface area contributed by atoms with Gasteiger partial charge in [0.15, 0.2) is 6.23 Å². The molecule has 0 radical (unpaired) electrons. The maximum atomic E-state index is 11.2. The Labute approximate surface area is 137 Å². The summed E-state index contributed by atoms with van der Waals surface area (Å²) >= 11 is 1.35. The molecule has 126 valence electrons. The smallest absolute Gasteiger partial charge is 0.258 e. The molecular formula is C13H18N4O5S. The van der Waals surface area contributed by atoms with Crippen molar-refractivity contribution < 1.29 is 14.7 Å². The van der Waals surface area contributed by atoms with Crippen LogP contribution in [-0.4, -0.2) is 30.7 Å². The van der Waals surface area contributed by atoms with Crippen LogP contribution >= 0.6 is 12.1 Å². The molecule has 1 heterocycles. The van der Waals surface area contributed by atoms with E-state index in [1.165, 1.54) is 24.3 Å². The Hall–Kier alpha value is -1.75. The zero-order valence-corrected chi connectivity index (χ0v) is 14.0. The largest absolute Gasteiger partial charge is 0.283 e. The molecule has 2 atom stereocenters. The highest BCUT2D eigenvalue weighted by Crippen LogP contribution is 2.48. The van der Waals surface area contributed by atoms with Gasteiger partial charge >= 0.3 is 0 Å². The van der Waals surface area contributed by atoms with Gasteiger partial charge in [0.25, 0.3) is 11.4 Å². The second kappa shape index (κ2) is 6.79. The van der Waals surface area contributed by atoms with Crippen LogP contribution in [0, 0.1) is 20.2 Å². The van der Waals surface area contributed by atoms with E-state index in [0.29, 0.717) is 5.56 Å². The lowest BCUT2D eigenvalue weighted by Gasteiger charge is -2.27. The molecule has 0 aromatic heterocycles. The Morgan fingerprint density at radius 3 is 2.26 bits per heavy atom. The van der Waals surface area contributed by atoms with Crippen molar-refractivity contribution in [2.24, 2.45) is 0 Å². The van der Waals surface area contributed by atoms with Crippen molar-refractivity contribution in [1.82, 2.24) is 8.77 Å². The van der Waals surface area contributed by atoms with Crippen molar-refractivity contribution in [1.29, 1.82) is 0 Å². The Morgan fingerprint density at radius 2 is 1.78 bits per heavy atom. The number of hydroxylamine groups is 1. The zero-order chi connectivity index (χ0) is 17.3. The topological polar surface area (TPSA) is 105 Å². The number of nitrogens with zero attached hydrogens (tertiary/aromatic N) is 4. The summed E-state index contributed by atoms with van der Waals surface area (Å²) in [5, 5.41) is 21.9. The molecule has 1 saturated heterocycles. The summed E-state index contributed by atoms with van der Waals surface area (Å²) in [4.78, 5) is 26.0. The van der Waals surface area contributed by atoms with Crippen LogP contribution in [0.15, 0.2) is 18.2 Å². The van der Waals surface area contributed by atoms with Gasteiger partial charge in [-0.2, -0.15) is 0 Å². The van der Waals surface area contributed by atoms with Crippen LogP contribution in [0.4, 0.5) is 11.4 Å². The van der Waals surface area contributed by atoms with Crippen molar-refractivity contribution in [2.75, 3.05) is 0 Å². The Bertz CT molecular complexity index is 616.